The fraction of sp³-hybridized carbons (Fsp3) is 0.154. The molecular formula is C13H14N4O2S. The molecule has 2 aromatic rings. The minimum atomic E-state index is -0.285. The summed E-state index contributed by atoms with van der Waals surface area (Å²) in [4.78, 5) is 12.2. The van der Waals surface area contributed by atoms with E-state index in [4.69, 9.17) is 18.0 Å². The predicted octanol–water partition coefficient (Wildman–Crippen LogP) is 0.941. The SMILES string of the molecule is Cn1ncc(C(N)=S)c1NC(=O)Cc1ccccc1O. The van der Waals surface area contributed by atoms with Gasteiger partial charge in [-0.05, 0) is 6.07 Å². The first-order chi connectivity index (χ1) is 9.49. The average Bonchev–Trinajstić information content (AvgIpc) is 2.74. The number of nitrogens with one attached hydrogen (secondary N) is 1. The maximum Gasteiger partial charge on any atom is 0.230 e. The second kappa shape index (κ2) is 5.70. The molecule has 1 heterocycles. The Morgan fingerprint density at radius 1 is 1.50 bits per heavy atom. The Hall–Kier alpha value is -2.41. The molecule has 0 unspecified atom stereocenters. The van der Waals surface area contributed by atoms with E-state index < -0.39 is 0 Å². The number of aromatic hydroxyl groups is 1. The molecule has 0 aliphatic rings. The van der Waals surface area contributed by atoms with Gasteiger partial charge in [0, 0.05) is 12.6 Å². The summed E-state index contributed by atoms with van der Waals surface area (Å²) in [5, 5.41) is 16.3. The first kappa shape index (κ1) is 14.0. The monoisotopic (exact) mass is 290 g/mol. The molecule has 0 saturated carbocycles. The van der Waals surface area contributed by atoms with Crippen LogP contribution >= 0.6 is 12.2 Å². The van der Waals surface area contributed by atoms with Crippen LogP contribution in [0.1, 0.15) is 11.1 Å². The zero-order chi connectivity index (χ0) is 14.7. The van der Waals surface area contributed by atoms with E-state index >= 15 is 0 Å². The number of hydrogen-bond donors (Lipinski definition) is 3. The highest BCUT2D eigenvalue weighted by atomic mass is 32.1. The molecule has 4 N–H and O–H groups in total. The van der Waals surface area contributed by atoms with Gasteiger partial charge < -0.3 is 16.2 Å². The Kier molecular flexibility index (Phi) is 3.99. The molecule has 1 aromatic heterocycles. The van der Waals surface area contributed by atoms with Crippen molar-refractivity contribution in [2.75, 3.05) is 5.32 Å². The van der Waals surface area contributed by atoms with Gasteiger partial charge in [-0.1, -0.05) is 30.4 Å². The number of para-hydroxylation sites is 1. The van der Waals surface area contributed by atoms with Gasteiger partial charge in [0.2, 0.25) is 5.91 Å². The molecule has 6 nitrogen and oxygen atoms in total. The lowest BCUT2D eigenvalue weighted by atomic mass is 10.1. The molecule has 0 atom stereocenters. The van der Waals surface area contributed by atoms with Crippen LogP contribution in [0.5, 0.6) is 5.75 Å². The van der Waals surface area contributed by atoms with Gasteiger partial charge >= 0.3 is 0 Å². The number of benzene rings is 1. The first-order valence-corrected chi connectivity index (χ1v) is 6.28. The highest BCUT2D eigenvalue weighted by Crippen LogP contribution is 2.18. The van der Waals surface area contributed by atoms with E-state index in [1.165, 1.54) is 16.9 Å². The Balaban J connectivity index is 2.15. The third kappa shape index (κ3) is 2.94. The van der Waals surface area contributed by atoms with E-state index in [1.807, 2.05) is 0 Å². The van der Waals surface area contributed by atoms with Crippen LogP contribution in [0.2, 0.25) is 0 Å². The third-order valence-corrected chi connectivity index (χ3v) is 3.02. The van der Waals surface area contributed by atoms with Crippen molar-refractivity contribution in [3.63, 3.8) is 0 Å². The van der Waals surface area contributed by atoms with Crippen molar-refractivity contribution in [3.8, 4) is 5.75 Å². The van der Waals surface area contributed by atoms with Crippen LogP contribution in [0.15, 0.2) is 30.5 Å². The Labute approximate surface area is 121 Å². The summed E-state index contributed by atoms with van der Waals surface area (Å²) in [5.41, 5.74) is 6.62. The highest BCUT2D eigenvalue weighted by Gasteiger charge is 2.14. The molecule has 0 aliphatic heterocycles. The van der Waals surface area contributed by atoms with Crippen LogP contribution in [-0.4, -0.2) is 25.8 Å². The number of nitrogens with zero attached hydrogens (tertiary/aromatic N) is 2. The average molecular weight is 290 g/mol. The van der Waals surface area contributed by atoms with Gasteiger partial charge in [0.25, 0.3) is 0 Å². The predicted molar refractivity (Wildman–Crippen MR) is 79.5 cm³/mol. The summed E-state index contributed by atoms with van der Waals surface area (Å²) in [5.74, 6) is 0.243. The van der Waals surface area contributed by atoms with Crippen LogP contribution in [-0.2, 0) is 18.3 Å². The molecule has 0 aliphatic carbocycles. The second-order valence-electron chi connectivity index (χ2n) is 4.25. The van der Waals surface area contributed by atoms with Gasteiger partial charge in [-0.25, -0.2) is 0 Å². The molecule has 104 valence electrons. The molecule has 20 heavy (non-hydrogen) atoms. The number of carbonyl (C=O) groups is 1. The van der Waals surface area contributed by atoms with Crippen molar-refractivity contribution in [1.29, 1.82) is 0 Å². The Morgan fingerprint density at radius 2 is 2.20 bits per heavy atom. The van der Waals surface area contributed by atoms with E-state index in [9.17, 15) is 9.90 Å². The third-order valence-electron chi connectivity index (χ3n) is 2.80. The fourth-order valence-electron chi connectivity index (χ4n) is 1.78. The number of amides is 1. The first-order valence-electron chi connectivity index (χ1n) is 5.87. The molecule has 0 spiro atoms. The van der Waals surface area contributed by atoms with Crippen molar-refractivity contribution in [3.05, 3.63) is 41.6 Å². The summed E-state index contributed by atoms with van der Waals surface area (Å²) in [6, 6.07) is 6.68. The fourth-order valence-corrected chi connectivity index (χ4v) is 1.93. The zero-order valence-electron chi connectivity index (χ0n) is 10.8. The number of rotatable bonds is 4. The van der Waals surface area contributed by atoms with Gasteiger partial charge in [0.15, 0.2) is 0 Å². The topological polar surface area (TPSA) is 93.2 Å². The van der Waals surface area contributed by atoms with Gasteiger partial charge in [0.1, 0.15) is 16.6 Å². The van der Waals surface area contributed by atoms with Crippen molar-refractivity contribution in [2.45, 2.75) is 6.42 Å². The van der Waals surface area contributed by atoms with E-state index in [-0.39, 0.29) is 23.1 Å². The second-order valence-corrected chi connectivity index (χ2v) is 4.69. The van der Waals surface area contributed by atoms with E-state index in [0.717, 1.165) is 0 Å². The summed E-state index contributed by atoms with van der Waals surface area (Å²) >= 11 is 4.90. The van der Waals surface area contributed by atoms with Gasteiger partial charge in [-0.15, -0.1) is 0 Å². The van der Waals surface area contributed by atoms with Crippen LogP contribution < -0.4 is 11.1 Å². The van der Waals surface area contributed by atoms with Crippen LogP contribution in [0.3, 0.4) is 0 Å². The Morgan fingerprint density at radius 3 is 2.85 bits per heavy atom. The van der Waals surface area contributed by atoms with Crippen molar-refractivity contribution >= 4 is 28.9 Å². The molecule has 0 saturated heterocycles. The lowest BCUT2D eigenvalue weighted by molar-refractivity contribution is -0.115. The summed E-state index contributed by atoms with van der Waals surface area (Å²) in [6.07, 6.45) is 1.55. The molecule has 1 aromatic carbocycles. The van der Waals surface area contributed by atoms with E-state index in [1.54, 1.807) is 25.2 Å². The normalized spacial score (nSPS) is 10.2. The minimum Gasteiger partial charge on any atom is -0.508 e. The van der Waals surface area contributed by atoms with E-state index in [0.29, 0.717) is 16.9 Å². The number of carbonyl (C=O) groups excluding carboxylic acids is 1. The smallest absolute Gasteiger partial charge is 0.230 e. The van der Waals surface area contributed by atoms with E-state index in [2.05, 4.69) is 10.4 Å². The molecule has 0 fully saturated rings. The standard InChI is InChI=1S/C13H14N4O2S/c1-17-13(9(7-15-17)12(14)20)16-11(19)6-8-4-2-3-5-10(8)18/h2-5,7,18H,6H2,1H3,(H2,14,20)(H,16,19). The highest BCUT2D eigenvalue weighted by molar-refractivity contribution is 7.80. The number of anilines is 1. The van der Waals surface area contributed by atoms with Gasteiger partial charge in [-0.2, -0.15) is 5.10 Å². The van der Waals surface area contributed by atoms with Gasteiger partial charge in [-0.3, -0.25) is 9.48 Å². The molecule has 1 amide bonds. The van der Waals surface area contributed by atoms with Crippen LogP contribution in [0, 0.1) is 0 Å². The largest absolute Gasteiger partial charge is 0.508 e. The Bertz CT molecular complexity index is 666. The maximum atomic E-state index is 12.0. The molecule has 7 heteroatoms. The number of nitrogens with two attached hydrogens (primary N) is 1. The number of phenolic OH excluding ortho intramolecular Hbond substituents is 1. The summed E-state index contributed by atoms with van der Waals surface area (Å²) in [6.45, 7) is 0. The molecule has 0 bridgehead atoms. The number of hydrogen-bond acceptors (Lipinski definition) is 4. The van der Waals surface area contributed by atoms with Crippen molar-refractivity contribution in [1.82, 2.24) is 9.78 Å². The summed E-state index contributed by atoms with van der Waals surface area (Å²) in [7, 11) is 1.68. The number of aromatic nitrogens is 2. The summed E-state index contributed by atoms with van der Waals surface area (Å²) < 4.78 is 1.48. The number of aryl methyl sites for hydroxylation is 1. The lowest BCUT2D eigenvalue weighted by Gasteiger charge is -2.08. The lowest BCUT2D eigenvalue weighted by Crippen LogP contribution is -2.20. The molecule has 0 radical (unpaired) electrons. The maximum absolute atomic E-state index is 12.0. The van der Waals surface area contributed by atoms with Crippen LogP contribution in [0.25, 0.3) is 0 Å². The van der Waals surface area contributed by atoms with Crippen LogP contribution in [0.4, 0.5) is 5.82 Å². The van der Waals surface area contributed by atoms with Crippen molar-refractivity contribution in [2.24, 2.45) is 12.8 Å². The van der Waals surface area contributed by atoms with Gasteiger partial charge in [0.05, 0.1) is 18.2 Å². The molecule has 2 rings (SSSR count). The number of thiocarbonyl (C=S) groups is 1. The van der Waals surface area contributed by atoms with Crippen molar-refractivity contribution < 1.29 is 9.90 Å². The minimum absolute atomic E-state index is 0.0502. The zero-order valence-corrected chi connectivity index (χ0v) is 11.6. The molecular weight excluding hydrogens is 276 g/mol. The quantitative estimate of drug-likeness (QED) is 0.729. The number of phenols is 1.